The van der Waals surface area contributed by atoms with E-state index in [0.29, 0.717) is 0 Å². The van der Waals surface area contributed by atoms with Gasteiger partial charge in [-0.1, -0.05) is 48.5 Å². The van der Waals surface area contributed by atoms with E-state index >= 15 is 0 Å². The molecule has 0 aliphatic heterocycles. The minimum absolute atomic E-state index is 0.105. The second kappa shape index (κ2) is 9.00. The van der Waals surface area contributed by atoms with Crippen molar-refractivity contribution in [2.24, 2.45) is 0 Å². The number of aliphatic carboxylic acids is 1. The van der Waals surface area contributed by atoms with Crippen molar-refractivity contribution in [3.8, 4) is 11.1 Å². The first-order valence-electron chi connectivity index (χ1n) is 10.3. The van der Waals surface area contributed by atoms with Gasteiger partial charge in [-0.2, -0.15) is 0 Å². The molecule has 1 atom stereocenters. The Kier molecular flexibility index (Phi) is 6.55. The minimum atomic E-state index is -1.63. The summed E-state index contributed by atoms with van der Waals surface area (Å²) in [5.74, 6) is -2.03. The van der Waals surface area contributed by atoms with Crippen molar-refractivity contribution in [2.45, 2.75) is 37.8 Å². The van der Waals surface area contributed by atoms with E-state index in [9.17, 15) is 19.5 Å². The van der Waals surface area contributed by atoms with E-state index in [0.717, 1.165) is 22.3 Å². The number of carbonyl (C=O) groups excluding carboxylic acids is 2. The number of amides is 2. The van der Waals surface area contributed by atoms with Crippen LogP contribution in [0.4, 0.5) is 4.79 Å². The minimum Gasteiger partial charge on any atom is -0.479 e. The molecule has 0 saturated heterocycles. The first kappa shape index (κ1) is 23.3. The van der Waals surface area contributed by atoms with Crippen LogP contribution in [0.3, 0.4) is 0 Å². The number of rotatable bonds is 8. The summed E-state index contributed by atoms with van der Waals surface area (Å²) in [6, 6.07) is 16.0. The van der Waals surface area contributed by atoms with Crippen molar-refractivity contribution >= 4 is 18.0 Å². The topological polar surface area (TPSA) is 114 Å². The number of hydrogen-bond acceptors (Lipinski definition) is 5. The van der Waals surface area contributed by atoms with Crippen LogP contribution in [0.15, 0.2) is 48.5 Å². The third-order valence-electron chi connectivity index (χ3n) is 5.62. The monoisotopic (exact) mass is 440 g/mol. The molecule has 170 valence electrons. The molecule has 0 bridgehead atoms. The average molecular weight is 440 g/mol. The lowest BCUT2D eigenvalue weighted by Crippen LogP contribution is -2.63. The highest BCUT2D eigenvalue weighted by atomic mass is 16.5. The van der Waals surface area contributed by atoms with E-state index in [1.165, 1.54) is 27.9 Å². The van der Waals surface area contributed by atoms with Crippen LogP contribution >= 0.6 is 0 Å². The molecule has 2 amide bonds. The summed E-state index contributed by atoms with van der Waals surface area (Å²) in [6.45, 7) is 4.15. The van der Waals surface area contributed by atoms with E-state index in [-0.39, 0.29) is 19.1 Å². The van der Waals surface area contributed by atoms with Crippen molar-refractivity contribution in [3.05, 3.63) is 59.7 Å². The van der Waals surface area contributed by atoms with Crippen molar-refractivity contribution in [3.63, 3.8) is 0 Å². The number of ether oxygens (including phenoxy) is 2. The van der Waals surface area contributed by atoms with Gasteiger partial charge in [-0.3, -0.25) is 4.79 Å². The van der Waals surface area contributed by atoms with Gasteiger partial charge in [0.05, 0.1) is 6.61 Å². The zero-order valence-corrected chi connectivity index (χ0v) is 18.6. The number of methoxy groups -OCH3 is 1. The fourth-order valence-corrected chi connectivity index (χ4v) is 3.79. The van der Waals surface area contributed by atoms with Crippen LogP contribution in [-0.2, 0) is 19.1 Å². The Balaban J connectivity index is 1.66. The first-order valence-corrected chi connectivity index (χ1v) is 10.3. The lowest BCUT2D eigenvalue weighted by atomic mass is 9.98. The number of alkyl carbamates (subject to hydrolysis) is 1. The molecule has 8 heteroatoms. The maximum absolute atomic E-state index is 12.7. The molecule has 2 aromatic carbocycles. The van der Waals surface area contributed by atoms with Gasteiger partial charge >= 0.3 is 12.1 Å². The number of carboxylic acid groups (broad SMARTS) is 1. The third kappa shape index (κ3) is 4.60. The average Bonchev–Trinajstić information content (AvgIpc) is 3.06. The highest BCUT2D eigenvalue weighted by Crippen LogP contribution is 2.44. The summed E-state index contributed by atoms with van der Waals surface area (Å²) < 4.78 is 10.4. The zero-order valence-electron chi connectivity index (χ0n) is 18.6. The number of carboxylic acids is 1. The zero-order chi connectivity index (χ0) is 23.5. The molecule has 32 heavy (non-hydrogen) atoms. The molecule has 0 fully saturated rings. The Hall–Kier alpha value is -3.39. The van der Waals surface area contributed by atoms with Gasteiger partial charge in [0.1, 0.15) is 12.1 Å². The Morgan fingerprint density at radius 1 is 0.938 bits per heavy atom. The number of hydrogen-bond donors (Lipinski definition) is 3. The molecule has 1 unspecified atom stereocenters. The fourth-order valence-electron chi connectivity index (χ4n) is 3.79. The Bertz CT molecular complexity index is 989. The largest absolute Gasteiger partial charge is 0.479 e. The van der Waals surface area contributed by atoms with Gasteiger partial charge in [0.2, 0.25) is 5.91 Å². The molecule has 0 saturated carbocycles. The van der Waals surface area contributed by atoms with Crippen LogP contribution in [0.1, 0.15) is 37.8 Å². The summed E-state index contributed by atoms with van der Waals surface area (Å²) >= 11 is 0. The maximum atomic E-state index is 12.7. The summed E-state index contributed by atoms with van der Waals surface area (Å²) in [5, 5.41) is 14.4. The molecular weight excluding hydrogens is 412 g/mol. The summed E-state index contributed by atoms with van der Waals surface area (Å²) in [7, 11) is 1.34. The normalized spacial score (nSPS) is 14.6. The summed E-state index contributed by atoms with van der Waals surface area (Å²) in [4.78, 5) is 36.7. The molecule has 0 aromatic heterocycles. The number of carbonyl (C=O) groups is 3. The van der Waals surface area contributed by atoms with E-state index in [2.05, 4.69) is 10.6 Å². The van der Waals surface area contributed by atoms with E-state index < -0.39 is 29.0 Å². The molecule has 1 aliphatic carbocycles. The molecular formula is C24H28N2O6. The van der Waals surface area contributed by atoms with Crippen molar-refractivity contribution in [2.75, 3.05) is 20.3 Å². The molecule has 0 heterocycles. The number of fused-ring (bicyclic) bond motifs is 3. The van der Waals surface area contributed by atoms with Gasteiger partial charge in [0.25, 0.3) is 0 Å². The second-order valence-electron chi connectivity index (χ2n) is 8.60. The van der Waals surface area contributed by atoms with Crippen molar-refractivity contribution in [1.29, 1.82) is 0 Å². The lowest BCUT2D eigenvalue weighted by molar-refractivity contribution is -0.150. The van der Waals surface area contributed by atoms with Gasteiger partial charge in [-0.05, 0) is 43.0 Å². The Labute approximate surface area is 186 Å². The lowest BCUT2D eigenvalue weighted by Gasteiger charge is -2.31. The quantitative estimate of drug-likeness (QED) is 0.582. The molecule has 0 radical (unpaired) electrons. The van der Waals surface area contributed by atoms with E-state index in [1.807, 2.05) is 48.5 Å². The van der Waals surface area contributed by atoms with Gasteiger partial charge < -0.3 is 25.2 Å². The highest BCUT2D eigenvalue weighted by molar-refractivity contribution is 5.93. The van der Waals surface area contributed by atoms with Gasteiger partial charge in [-0.25, -0.2) is 9.59 Å². The number of nitrogens with one attached hydrogen (secondary N) is 2. The van der Waals surface area contributed by atoms with Crippen LogP contribution in [0.5, 0.6) is 0 Å². The Morgan fingerprint density at radius 3 is 1.97 bits per heavy atom. The van der Waals surface area contributed by atoms with Gasteiger partial charge in [0.15, 0.2) is 5.54 Å². The predicted molar refractivity (Wildman–Crippen MR) is 118 cm³/mol. The van der Waals surface area contributed by atoms with Crippen LogP contribution in [0, 0.1) is 0 Å². The maximum Gasteiger partial charge on any atom is 0.408 e. The van der Waals surface area contributed by atoms with Crippen LogP contribution in [0.25, 0.3) is 11.1 Å². The Morgan fingerprint density at radius 2 is 1.47 bits per heavy atom. The molecule has 3 N–H and O–H groups in total. The predicted octanol–water partition coefficient (Wildman–Crippen LogP) is 2.91. The molecule has 8 nitrogen and oxygen atoms in total. The fraction of sp³-hybridized carbons (Fsp3) is 0.375. The first-order chi connectivity index (χ1) is 15.1. The number of benzene rings is 2. The molecule has 1 aliphatic rings. The van der Waals surface area contributed by atoms with Crippen LogP contribution in [0.2, 0.25) is 0 Å². The molecule has 3 rings (SSSR count). The SMILES string of the molecule is COCC(C)(NC(=O)C(C)(C)NC(=O)OCC1c2ccccc2-c2ccccc21)C(=O)O. The van der Waals surface area contributed by atoms with E-state index in [4.69, 9.17) is 9.47 Å². The van der Waals surface area contributed by atoms with Crippen molar-refractivity contribution < 1.29 is 29.0 Å². The van der Waals surface area contributed by atoms with Gasteiger partial charge in [0, 0.05) is 13.0 Å². The van der Waals surface area contributed by atoms with Crippen LogP contribution in [-0.4, -0.2) is 54.5 Å². The van der Waals surface area contributed by atoms with E-state index in [1.54, 1.807) is 0 Å². The summed E-state index contributed by atoms with van der Waals surface area (Å²) in [5.41, 5.74) is 1.34. The standard InChI is InChI=1S/C24H28N2O6/c1-23(2,20(27)25-24(3,14-31-4)21(28)29)26-22(30)32-13-19-17-11-7-5-9-15(17)16-10-6-8-12-18(16)19/h5-12,19H,13-14H2,1-4H3,(H,25,27)(H,26,30)(H,28,29). The smallest absolute Gasteiger partial charge is 0.408 e. The third-order valence-corrected chi connectivity index (χ3v) is 5.62. The highest BCUT2D eigenvalue weighted by Gasteiger charge is 2.40. The molecule has 0 spiro atoms. The van der Waals surface area contributed by atoms with Gasteiger partial charge in [-0.15, -0.1) is 0 Å². The second-order valence-corrected chi connectivity index (χ2v) is 8.60. The summed E-state index contributed by atoms with van der Waals surface area (Å²) in [6.07, 6.45) is -0.768. The molecule has 2 aromatic rings. The van der Waals surface area contributed by atoms with Crippen LogP contribution < -0.4 is 10.6 Å². The van der Waals surface area contributed by atoms with Crippen molar-refractivity contribution in [1.82, 2.24) is 10.6 Å².